The third kappa shape index (κ3) is 9.50. The number of alkyl carbamates (subject to hydrolysis) is 1. The number of rotatable bonds is 9. The van der Waals surface area contributed by atoms with E-state index >= 15 is 0 Å². The molecule has 4 N–H and O–H groups in total. The van der Waals surface area contributed by atoms with Gasteiger partial charge < -0.3 is 20.7 Å². The lowest BCUT2D eigenvalue weighted by molar-refractivity contribution is 0.109. The number of nitrogens with one attached hydrogen (secondary N) is 4. The minimum absolute atomic E-state index is 0.0621. The number of carbonyl (C=O) groups is 2. The van der Waals surface area contributed by atoms with Gasteiger partial charge in [-0.25, -0.2) is 27.7 Å². The molecule has 43 heavy (non-hydrogen) atoms. The fourth-order valence-corrected chi connectivity index (χ4v) is 7.79. The van der Waals surface area contributed by atoms with E-state index in [1.54, 1.807) is 39.1 Å². The van der Waals surface area contributed by atoms with E-state index < -0.39 is 21.6 Å². The van der Waals surface area contributed by atoms with Gasteiger partial charge in [0, 0.05) is 41.5 Å². The van der Waals surface area contributed by atoms with E-state index in [4.69, 9.17) is 4.74 Å². The highest BCUT2D eigenvalue weighted by Crippen LogP contribution is 2.40. The zero-order valence-electron chi connectivity index (χ0n) is 25.3. The van der Waals surface area contributed by atoms with E-state index in [0.29, 0.717) is 17.8 Å². The lowest BCUT2D eigenvalue weighted by Gasteiger charge is -2.28. The van der Waals surface area contributed by atoms with Crippen LogP contribution in [-0.2, 0) is 21.3 Å². The fraction of sp³-hybridized carbons (Fsp3) is 0.452. The zero-order valence-corrected chi connectivity index (χ0v) is 26.9. The Labute approximate surface area is 258 Å². The highest BCUT2D eigenvalue weighted by molar-refractivity contribution is 7.89. The third-order valence-corrected chi connectivity index (χ3v) is 9.79. The maximum absolute atomic E-state index is 13.6. The summed E-state index contributed by atoms with van der Waals surface area (Å²) in [5.41, 5.74) is 1.11. The molecular weight excluding hydrogens is 587 g/mol. The predicted octanol–water partition coefficient (Wildman–Crippen LogP) is 6.37. The number of carbonyl (C=O) groups excluding carboxylic acids is 2. The summed E-state index contributed by atoms with van der Waals surface area (Å²) in [6.07, 6.45) is 4.51. The molecule has 0 unspecified atom stereocenters. The van der Waals surface area contributed by atoms with E-state index in [9.17, 15) is 18.0 Å². The van der Waals surface area contributed by atoms with Gasteiger partial charge in [0.05, 0.1) is 20.9 Å². The zero-order chi connectivity index (χ0) is 31.2. The molecule has 3 aromatic rings. The number of hydrogen-bond acceptors (Lipinski definition) is 7. The first-order valence-electron chi connectivity index (χ1n) is 14.5. The van der Waals surface area contributed by atoms with Crippen LogP contribution in [-0.4, -0.2) is 43.2 Å². The van der Waals surface area contributed by atoms with Gasteiger partial charge in [-0.2, -0.15) is 0 Å². The number of thiazole rings is 1. The summed E-state index contributed by atoms with van der Waals surface area (Å²) in [5.74, 6) is 0.222. The van der Waals surface area contributed by atoms with Crippen molar-refractivity contribution in [2.75, 3.05) is 5.32 Å². The number of nitrogens with zero attached hydrogens (tertiary/aromatic N) is 1. The molecule has 3 amide bonds. The first-order valence-corrected chi connectivity index (χ1v) is 16.8. The average Bonchev–Trinajstić information content (AvgIpc) is 3.41. The minimum Gasteiger partial charge on any atom is -0.447 e. The second kappa shape index (κ2) is 13.9. The average molecular weight is 628 g/mol. The smallest absolute Gasteiger partial charge is 0.407 e. The van der Waals surface area contributed by atoms with Gasteiger partial charge in [-0.15, -0.1) is 11.3 Å². The lowest BCUT2D eigenvalue weighted by Crippen LogP contribution is -2.40. The first-order chi connectivity index (χ1) is 20.3. The van der Waals surface area contributed by atoms with Crippen molar-refractivity contribution in [2.45, 2.75) is 95.3 Å². The number of aromatic nitrogens is 1. The van der Waals surface area contributed by atoms with Crippen LogP contribution in [0.15, 0.2) is 59.6 Å². The standard InChI is InChI=1S/C31H41N5O5S2/c1-20(2)41-30(38)35-23-13-11-22(12-14-23)28-32-19-26(42-28)25-16-15-24(17-27(25)43(39,40)36-31(3,4)5)34-29(37)33-18-21-9-7-6-8-10-21/h6-10,15-17,19-20,22-23,36H,11-14,18H2,1-5H3,(H,35,38)(H2,33,34,37). The van der Waals surface area contributed by atoms with Crippen LogP contribution in [0.25, 0.3) is 10.4 Å². The summed E-state index contributed by atoms with van der Waals surface area (Å²) in [7, 11) is -3.95. The number of hydrogen-bond donors (Lipinski definition) is 4. The topological polar surface area (TPSA) is 139 Å². The molecule has 10 nitrogen and oxygen atoms in total. The highest BCUT2D eigenvalue weighted by Gasteiger charge is 2.29. The summed E-state index contributed by atoms with van der Waals surface area (Å²) in [4.78, 5) is 30.1. The Morgan fingerprint density at radius 2 is 1.74 bits per heavy atom. The number of sulfonamides is 1. The molecule has 4 rings (SSSR count). The predicted molar refractivity (Wildman–Crippen MR) is 170 cm³/mol. The molecule has 1 fully saturated rings. The second-order valence-electron chi connectivity index (χ2n) is 12.1. The molecule has 1 aromatic heterocycles. The SMILES string of the molecule is CC(C)OC(=O)NC1CCC(c2ncc(-c3ccc(NC(=O)NCc4ccccc4)cc3S(=O)(=O)NC(C)(C)C)s2)CC1. The Kier molecular flexibility index (Phi) is 10.5. The molecule has 0 bridgehead atoms. The summed E-state index contributed by atoms with van der Waals surface area (Å²) in [6, 6.07) is 14.0. The lowest BCUT2D eigenvalue weighted by atomic mass is 9.86. The second-order valence-corrected chi connectivity index (χ2v) is 14.8. The van der Waals surface area contributed by atoms with Crippen molar-refractivity contribution in [3.63, 3.8) is 0 Å². The van der Waals surface area contributed by atoms with Gasteiger partial charge in [-0.1, -0.05) is 36.4 Å². The monoisotopic (exact) mass is 627 g/mol. The van der Waals surface area contributed by atoms with E-state index in [1.807, 2.05) is 44.2 Å². The van der Waals surface area contributed by atoms with E-state index in [2.05, 4.69) is 25.7 Å². The van der Waals surface area contributed by atoms with Gasteiger partial charge in [0.15, 0.2) is 0 Å². The Bertz CT molecular complexity index is 1510. The Balaban J connectivity index is 1.50. The van der Waals surface area contributed by atoms with Gasteiger partial charge in [0.25, 0.3) is 0 Å². The number of urea groups is 1. The number of ether oxygens (including phenoxy) is 1. The van der Waals surface area contributed by atoms with Crippen LogP contribution < -0.4 is 20.7 Å². The van der Waals surface area contributed by atoms with E-state index in [0.717, 1.165) is 41.1 Å². The Morgan fingerprint density at radius 3 is 2.40 bits per heavy atom. The molecule has 1 aliphatic carbocycles. The van der Waals surface area contributed by atoms with Gasteiger partial charge in [0.2, 0.25) is 10.0 Å². The van der Waals surface area contributed by atoms with Crippen LogP contribution in [0.2, 0.25) is 0 Å². The normalized spacial score (nSPS) is 17.3. The molecule has 0 atom stereocenters. The van der Waals surface area contributed by atoms with E-state index in [-0.39, 0.29) is 29.1 Å². The number of benzene rings is 2. The molecule has 0 spiro atoms. The molecule has 12 heteroatoms. The maximum atomic E-state index is 13.6. The van der Waals surface area contributed by atoms with Crippen molar-refractivity contribution >= 4 is 39.2 Å². The minimum atomic E-state index is -3.95. The summed E-state index contributed by atoms with van der Waals surface area (Å²) in [5, 5.41) is 9.44. The van der Waals surface area contributed by atoms with Crippen LogP contribution in [0.3, 0.4) is 0 Å². The van der Waals surface area contributed by atoms with Crippen LogP contribution in [0, 0.1) is 0 Å². The molecule has 232 valence electrons. The van der Waals surface area contributed by atoms with Crippen LogP contribution in [0.1, 0.15) is 76.8 Å². The summed E-state index contributed by atoms with van der Waals surface area (Å²) < 4.78 is 35.1. The van der Waals surface area contributed by atoms with Crippen molar-refractivity contribution in [3.05, 3.63) is 65.3 Å². The fourth-order valence-electron chi connectivity index (χ4n) is 4.94. The highest BCUT2D eigenvalue weighted by atomic mass is 32.2. The maximum Gasteiger partial charge on any atom is 0.407 e. The van der Waals surface area contributed by atoms with Gasteiger partial charge >= 0.3 is 12.1 Å². The van der Waals surface area contributed by atoms with Crippen LogP contribution in [0.5, 0.6) is 0 Å². The number of anilines is 1. The molecule has 1 saturated carbocycles. The van der Waals surface area contributed by atoms with Crippen LogP contribution >= 0.6 is 11.3 Å². The van der Waals surface area contributed by atoms with Gasteiger partial charge in [-0.3, -0.25) is 0 Å². The Morgan fingerprint density at radius 1 is 1.05 bits per heavy atom. The van der Waals surface area contributed by atoms with Crippen molar-refractivity contribution in [2.24, 2.45) is 0 Å². The molecule has 0 saturated heterocycles. The third-order valence-electron chi connectivity index (χ3n) is 6.80. The van der Waals surface area contributed by atoms with Crippen molar-refractivity contribution in [1.82, 2.24) is 20.3 Å². The largest absolute Gasteiger partial charge is 0.447 e. The number of amides is 3. The van der Waals surface area contributed by atoms with Crippen molar-refractivity contribution in [1.29, 1.82) is 0 Å². The van der Waals surface area contributed by atoms with E-state index in [1.165, 1.54) is 17.4 Å². The first kappa shape index (κ1) is 32.4. The van der Waals surface area contributed by atoms with Gasteiger partial charge in [0.1, 0.15) is 0 Å². The molecule has 1 heterocycles. The quantitative estimate of drug-likeness (QED) is 0.218. The van der Waals surface area contributed by atoms with Crippen molar-refractivity contribution < 1.29 is 22.7 Å². The summed E-state index contributed by atoms with van der Waals surface area (Å²) >= 11 is 1.47. The molecular formula is C31H41N5O5S2. The molecule has 0 radical (unpaired) electrons. The van der Waals surface area contributed by atoms with Crippen molar-refractivity contribution in [3.8, 4) is 10.4 Å². The Hall–Kier alpha value is -3.48. The van der Waals surface area contributed by atoms with Crippen LogP contribution in [0.4, 0.5) is 15.3 Å². The van der Waals surface area contributed by atoms with Gasteiger partial charge in [-0.05, 0) is 78.0 Å². The molecule has 0 aliphatic heterocycles. The summed E-state index contributed by atoms with van der Waals surface area (Å²) in [6.45, 7) is 9.32. The molecule has 1 aliphatic rings. The molecule has 2 aromatic carbocycles.